The van der Waals surface area contributed by atoms with Crippen molar-refractivity contribution >= 4 is 10.9 Å². The molecule has 2 heteroatoms. The maximum absolute atomic E-state index is 3.46. The second-order valence-corrected chi connectivity index (χ2v) is 4.50. The number of nitrogens with one attached hydrogen (secondary N) is 1. The Morgan fingerprint density at radius 1 is 1.27 bits per heavy atom. The molecule has 0 saturated heterocycles. The Morgan fingerprint density at radius 2 is 2.00 bits per heavy atom. The summed E-state index contributed by atoms with van der Waals surface area (Å²) in [5.41, 5.74) is 3.05. The zero-order chi connectivity index (χ0) is 10.5. The van der Waals surface area contributed by atoms with Crippen molar-refractivity contribution in [2.45, 2.75) is 18.4 Å². The van der Waals surface area contributed by atoms with Gasteiger partial charge in [0.05, 0.1) is 0 Å². The first-order chi connectivity index (χ1) is 7.27. The van der Waals surface area contributed by atoms with E-state index in [0.717, 1.165) is 0 Å². The van der Waals surface area contributed by atoms with Crippen molar-refractivity contribution in [1.82, 2.24) is 9.88 Å². The molecule has 1 heterocycles. The number of hydrogen-bond donors (Lipinski definition) is 1. The molecule has 1 fully saturated rings. The Kier molecular flexibility index (Phi) is 1.71. The van der Waals surface area contributed by atoms with Gasteiger partial charge in [0.1, 0.15) is 0 Å². The summed E-state index contributed by atoms with van der Waals surface area (Å²) in [5.74, 6) is 0. The minimum atomic E-state index is 0.265. The average Bonchev–Trinajstić information content (AvgIpc) is 3.00. The molecule has 1 N–H and O–H groups in total. The zero-order valence-electron chi connectivity index (χ0n) is 9.25. The van der Waals surface area contributed by atoms with Crippen molar-refractivity contribution in [3.8, 4) is 0 Å². The van der Waals surface area contributed by atoms with E-state index in [-0.39, 0.29) is 5.54 Å². The molecule has 0 spiro atoms. The molecular formula is C13H16N2. The standard InChI is InChI=1S/C13H16N2/c1-14-13(7-8-13)11-9-15(2)12-6-4-3-5-10(11)12/h3-6,9,14H,7-8H2,1-2H3. The maximum Gasteiger partial charge on any atom is 0.0481 e. The van der Waals surface area contributed by atoms with E-state index in [2.05, 4.69) is 54.4 Å². The van der Waals surface area contributed by atoms with Gasteiger partial charge >= 0.3 is 0 Å². The fourth-order valence-electron chi connectivity index (χ4n) is 2.50. The van der Waals surface area contributed by atoms with E-state index in [9.17, 15) is 0 Å². The van der Waals surface area contributed by atoms with E-state index >= 15 is 0 Å². The van der Waals surface area contributed by atoms with Gasteiger partial charge in [0.2, 0.25) is 0 Å². The molecule has 3 rings (SSSR count). The number of aromatic nitrogens is 1. The third kappa shape index (κ3) is 1.15. The molecule has 78 valence electrons. The number of hydrogen-bond acceptors (Lipinski definition) is 1. The third-order valence-corrected chi connectivity index (χ3v) is 3.64. The van der Waals surface area contributed by atoms with Crippen LogP contribution in [0.2, 0.25) is 0 Å². The Bertz CT molecular complexity index is 506. The summed E-state index contributed by atoms with van der Waals surface area (Å²) in [4.78, 5) is 0. The van der Waals surface area contributed by atoms with Crippen molar-refractivity contribution in [2.75, 3.05) is 7.05 Å². The predicted octanol–water partition coefficient (Wildman–Crippen LogP) is 2.39. The highest BCUT2D eigenvalue weighted by atomic mass is 15.0. The molecule has 1 aromatic carbocycles. The molecule has 1 aliphatic carbocycles. The first kappa shape index (κ1) is 8.98. The van der Waals surface area contributed by atoms with Gasteiger partial charge in [-0.15, -0.1) is 0 Å². The van der Waals surface area contributed by atoms with Crippen molar-refractivity contribution in [2.24, 2.45) is 7.05 Å². The highest BCUT2D eigenvalue weighted by Crippen LogP contribution is 2.47. The van der Waals surface area contributed by atoms with Gasteiger partial charge < -0.3 is 9.88 Å². The van der Waals surface area contributed by atoms with Crippen LogP contribution in [-0.2, 0) is 12.6 Å². The lowest BCUT2D eigenvalue weighted by atomic mass is 10.0. The van der Waals surface area contributed by atoms with Gasteiger partial charge in [-0.05, 0) is 31.5 Å². The van der Waals surface area contributed by atoms with Crippen molar-refractivity contribution in [3.63, 3.8) is 0 Å². The summed E-state index contributed by atoms with van der Waals surface area (Å²) in [6.07, 6.45) is 4.79. The monoisotopic (exact) mass is 200 g/mol. The fourth-order valence-corrected chi connectivity index (χ4v) is 2.50. The molecule has 2 nitrogen and oxygen atoms in total. The van der Waals surface area contributed by atoms with Gasteiger partial charge in [0, 0.05) is 29.7 Å². The van der Waals surface area contributed by atoms with Crippen LogP contribution in [0.3, 0.4) is 0 Å². The Labute approximate surface area is 89.9 Å². The first-order valence-corrected chi connectivity index (χ1v) is 5.50. The second-order valence-electron chi connectivity index (χ2n) is 4.50. The summed E-state index contributed by atoms with van der Waals surface area (Å²) in [6.45, 7) is 0. The molecule has 1 aromatic heterocycles. The van der Waals surface area contributed by atoms with Gasteiger partial charge in [-0.2, -0.15) is 0 Å². The van der Waals surface area contributed by atoms with Gasteiger partial charge in [-0.1, -0.05) is 18.2 Å². The Hall–Kier alpha value is -1.28. The van der Waals surface area contributed by atoms with Crippen LogP contribution in [0, 0.1) is 0 Å². The van der Waals surface area contributed by atoms with E-state index < -0.39 is 0 Å². The minimum absolute atomic E-state index is 0.265. The minimum Gasteiger partial charge on any atom is -0.350 e. The van der Waals surface area contributed by atoms with E-state index in [4.69, 9.17) is 0 Å². The first-order valence-electron chi connectivity index (χ1n) is 5.50. The number of nitrogens with zero attached hydrogens (tertiary/aromatic N) is 1. The molecule has 0 aliphatic heterocycles. The van der Waals surface area contributed by atoms with E-state index in [0.29, 0.717) is 0 Å². The van der Waals surface area contributed by atoms with Crippen LogP contribution in [0.1, 0.15) is 18.4 Å². The SMILES string of the molecule is CNC1(c2cn(C)c3ccccc23)CC1. The van der Waals surface area contributed by atoms with Crippen LogP contribution in [0.4, 0.5) is 0 Å². The summed E-state index contributed by atoms with van der Waals surface area (Å²) < 4.78 is 2.22. The number of para-hydroxylation sites is 1. The summed E-state index contributed by atoms with van der Waals surface area (Å²) in [5, 5.41) is 4.86. The highest BCUT2D eigenvalue weighted by Gasteiger charge is 2.44. The Morgan fingerprint density at radius 3 is 2.67 bits per heavy atom. The largest absolute Gasteiger partial charge is 0.350 e. The van der Waals surface area contributed by atoms with E-state index in [1.165, 1.54) is 29.3 Å². The van der Waals surface area contributed by atoms with Gasteiger partial charge in [-0.3, -0.25) is 0 Å². The van der Waals surface area contributed by atoms with Gasteiger partial charge in [0.25, 0.3) is 0 Å². The molecule has 15 heavy (non-hydrogen) atoms. The van der Waals surface area contributed by atoms with Crippen LogP contribution in [0.25, 0.3) is 10.9 Å². The fraction of sp³-hybridized carbons (Fsp3) is 0.385. The highest BCUT2D eigenvalue weighted by molar-refractivity contribution is 5.85. The molecule has 0 amide bonds. The second kappa shape index (κ2) is 2.86. The van der Waals surface area contributed by atoms with E-state index in [1.54, 1.807) is 0 Å². The third-order valence-electron chi connectivity index (χ3n) is 3.64. The summed E-state index contributed by atoms with van der Waals surface area (Å²) in [6, 6.07) is 8.63. The lowest BCUT2D eigenvalue weighted by Crippen LogP contribution is -2.24. The lowest BCUT2D eigenvalue weighted by Gasteiger charge is -2.12. The summed E-state index contributed by atoms with van der Waals surface area (Å²) in [7, 11) is 4.19. The molecule has 1 saturated carbocycles. The molecule has 2 aromatic rings. The lowest BCUT2D eigenvalue weighted by molar-refractivity contribution is 0.588. The number of benzene rings is 1. The molecule has 1 aliphatic rings. The molecule has 0 bridgehead atoms. The normalized spacial score (nSPS) is 18.3. The molecular weight excluding hydrogens is 184 g/mol. The number of rotatable bonds is 2. The number of aryl methyl sites for hydroxylation is 1. The smallest absolute Gasteiger partial charge is 0.0481 e. The van der Waals surface area contributed by atoms with Crippen molar-refractivity contribution < 1.29 is 0 Å². The van der Waals surface area contributed by atoms with Crippen molar-refractivity contribution in [3.05, 3.63) is 36.0 Å². The van der Waals surface area contributed by atoms with Crippen LogP contribution in [0.5, 0.6) is 0 Å². The van der Waals surface area contributed by atoms with Crippen molar-refractivity contribution in [1.29, 1.82) is 0 Å². The topological polar surface area (TPSA) is 17.0 Å². The Balaban J connectivity index is 2.28. The number of fused-ring (bicyclic) bond motifs is 1. The summed E-state index contributed by atoms with van der Waals surface area (Å²) >= 11 is 0. The molecule has 0 atom stereocenters. The van der Waals surface area contributed by atoms with Crippen LogP contribution < -0.4 is 5.32 Å². The van der Waals surface area contributed by atoms with Gasteiger partial charge in [-0.25, -0.2) is 0 Å². The molecule has 0 unspecified atom stereocenters. The maximum atomic E-state index is 3.46. The predicted molar refractivity (Wildman–Crippen MR) is 62.9 cm³/mol. The van der Waals surface area contributed by atoms with Gasteiger partial charge in [0.15, 0.2) is 0 Å². The average molecular weight is 200 g/mol. The van der Waals surface area contributed by atoms with Crippen LogP contribution in [-0.4, -0.2) is 11.6 Å². The van der Waals surface area contributed by atoms with Crippen LogP contribution >= 0.6 is 0 Å². The quantitative estimate of drug-likeness (QED) is 0.787. The zero-order valence-corrected chi connectivity index (χ0v) is 9.25. The molecule has 0 radical (unpaired) electrons. The van der Waals surface area contributed by atoms with Crippen LogP contribution in [0.15, 0.2) is 30.5 Å². The van der Waals surface area contributed by atoms with E-state index in [1.807, 2.05) is 0 Å².